The number of nitrogens with zero attached hydrogens (tertiary/aromatic N) is 1. The van der Waals surface area contributed by atoms with Crippen LogP contribution in [-0.2, 0) is 0 Å². The molecule has 0 heterocycles. The van der Waals surface area contributed by atoms with E-state index < -0.39 is 0 Å². The lowest BCUT2D eigenvalue weighted by Gasteiger charge is -2.20. The van der Waals surface area contributed by atoms with Crippen LogP contribution in [0.5, 0.6) is 0 Å². The smallest absolute Gasteiger partial charge is 0.105 e. The summed E-state index contributed by atoms with van der Waals surface area (Å²) in [5, 5.41) is 0. The first kappa shape index (κ1) is 13.1. The van der Waals surface area contributed by atoms with Crippen molar-refractivity contribution in [3.05, 3.63) is 58.6 Å². The van der Waals surface area contributed by atoms with Crippen molar-refractivity contribution in [2.45, 2.75) is 0 Å². The zero-order valence-electron chi connectivity index (χ0n) is 9.93. The Bertz CT molecular complexity index is 569. The summed E-state index contributed by atoms with van der Waals surface area (Å²) in [5.41, 5.74) is 8.71. The number of para-hydroxylation sites is 1. The molecule has 0 fully saturated rings. The number of rotatable bonds is 3. The van der Waals surface area contributed by atoms with E-state index in [1.54, 1.807) is 0 Å². The van der Waals surface area contributed by atoms with Crippen LogP contribution in [0.3, 0.4) is 0 Å². The van der Waals surface area contributed by atoms with Crippen LogP contribution in [0.2, 0.25) is 0 Å². The van der Waals surface area contributed by atoms with Crippen LogP contribution in [0.15, 0.2) is 53.0 Å². The van der Waals surface area contributed by atoms with E-state index in [1.807, 2.05) is 43.4 Å². The largest absolute Gasteiger partial charge is 0.389 e. The third-order valence-electron chi connectivity index (χ3n) is 2.75. The molecule has 18 heavy (non-hydrogen) atoms. The zero-order valence-corrected chi connectivity index (χ0v) is 12.3. The van der Waals surface area contributed by atoms with Crippen LogP contribution >= 0.6 is 28.1 Å². The summed E-state index contributed by atoms with van der Waals surface area (Å²) in [4.78, 5) is 2.50. The lowest BCUT2D eigenvalue weighted by molar-refractivity contribution is 1.21. The average Bonchev–Trinajstić information content (AvgIpc) is 2.38. The molecule has 0 unspecified atom stereocenters. The highest BCUT2D eigenvalue weighted by Gasteiger charge is 2.07. The predicted octanol–water partition coefficient (Wildman–Crippen LogP) is 3.85. The van der Waals surface area contributed by atoms with E-state index in [0.29, 0.717) is 4.99 Å². The van der Waals surface area contributed by atoms with Gasteiger partial charge < -0.3 is 10.6 Å². The van der Waals surface area contributed by atoms with Gasteiger partial charge in [0, 0.05) is 28.5 Å². The number of nitrogens with two attached hydrogens (primary N) is 1. The van der Waals surface area contributed by atoms with Crippen LogP contribution in [0.1, 0.15) is 5.56 Å². The lowest BCUT2D eigenvalue weighted by atomic mass is 10.2. The molecule has 0 atom stereocenters. The highest BCUT2D eigenvalue weighted by atomic mass is 79.9. The molecule has 2 rings (SSSR count). The van der Waals surface area contributed by atoms with Gasteiger partial charge in [-0.3, -0.25) is 0 Å². The molecule has 2 N–H and O–H groups in total. The highest BCUT2D eigenvalue weighted by molar-refractivity contribution is 9.10. The van der Waals surface area contributed by atoms with E-state index in [1.165, 1.54) is 0 Å². The topological polar surface area (TPSA) is 29.3 Å². The summed E-state index contributed by atoms with van der Waals surface area (Å²) in [6, 6.07) is 16.1. The molecule has 0 spiro atoms. The molecule has 0 aromatic heterocycles. The molecule has 0 amide bonds. The van der Waals surface area contributed by atoms with Crippen LogP contribution in [0.4, 0.5) is 11.4 Å². The van der Waals surface area contributed by atoms with Gasteiger partial charge in [0.25, 0.3) is 0 Å². The van der Waals surface area contributed by atoms with Crippen LogP contribution in [-0.4, -0.2) is 12.0 Å². The Morgan fingerprint density at radius 2 is 1.78 bits per heavy atom. The van der Waals surface area contributed by atoms with E-state index in [9.17, 15) is 0 Å². The van der Waals surface area contributed by atoms with E-state index in [0.717, 1.165) is 21.4 Å². The Hall–Kier alpha value is -1.39. The molecule has 2 aromatic rings. The van der Waals surface area contributed by atoms with E-state index in [2.05, 4.69) is 33.0 Å². The number of hydrogen-bond acceptors (Lipinski definition) is 2. The number of hydrogen-bond donors (Lipinski definition) is 1. The third kappa shape index (κ3) is 2.71. The van der Waals surface area contributed by atoms with Crippen molar-refractivity contribution in [1.82, 2.24) is 0 Å². The SMILES string of the molecule is CN(c1ccccc1)c1ccc(C(N)=S)c(Br)c1. The summed E-state index contributed by atoms with van der Waals surface area (Å²) in [5.74, 6) is 0. The Morgan fingerprint density at radius 1 is 1.11 bits per heavy atom. The van der Waals surface area contributed by atoms with Crippen molar-refractivity contribution < 1.29 is 0 Å². The first-order chi connectivity index (χ1) is 8.59. The first-order valence-corrected chi connectivity index (χ1v) is 6.68. The fraction of sp³-hybridized carbons (Fsp3) is 0.0714. The highest BCUT2D eigenvalue weighted by Crippen LogP contribution is 2.28. The monoisotopic (exact) mass is 320 g/mol. The van der Waals surface area contributed by atoms with Crippen molar-refractivity contribution in [2.24, 2.45) is 5.73 Å². The van der Waals surface area contributed by atoms with Crippen molar-refractivity contribution in [2.75, 3.05) is 11.9 Å². The molecule has 2 nitrogen and oxygen atoms in total. The van der Waals surface area contributed by atoms with Crippen LogP contribution in [0, 0.1) is 0 Å². The molecule has 0 radical (unpaired) electrons. The second-order valence-electron chi connectivity index (χ2n) is 3.92. The second kappa shape index (κ2) is 5.50. The standard InChI is InChI=1S/C14H13BrN2S/c1-17(10-5-3-2-4-6-10)11-7-8-12(14(16)18)13(15)9-11/h2-9H,1H3,(H2,16,18). The molecular formula is C14H13BrN2S. The van der Waals surface area contributed by atoms with Crippen molar-refractivity contribution in [1.29, 1.82) is 0 Å². The summed E-state index contributed by atoms with van der Waals surface area (Å²) < 4.78 is 0.912. The Balaban J connectivity index is 2.35. The Labute approximate surface area is 121 Å². The van der Waals surface area contributed by atoms with Gasteiger partial charge in [-0.15, -0.1) is 0 Å². The molecule has 0 saturated carbocycles. The molecule has 0 saturated heterocycles. The predicted molar refractivity (Wildman–Crippen MR) is 84.5 cm³/mol. The molecule has 0 aliphatic carbocycles. The molecule has 4 heteroatoms. The maximum absolute atomic E-state index is 5.64. The number of thiocarbonyl (C=S) groups is 1. The van der Waals surface area contributed by atoms with Gasteiger partial charge in [-0.05, 0) is 46.3 Å². The van der Waals surface area contributed by atoms with Crippen LogP contribution in [0.25, 0.3) is 0 Å². The fourth-order valence-corrected chi connectivity index (χ4v) is 2.60. The lowest BCUT2D eigenvalue weighted by Crippen LogP contribution is -2.12. The second-order valence-corrected chi connectivity index (χ2v) is 5.22. The maximum Gasteiger partial charge on any atom is 0.105 e. The van der Waals surface area contributed by atoms with Gasteiger partial charge in [-0.1, -0.05) is 30.4 Å². The molecule has 0 aliphatic heterocycles. The maximum atomic E-state index is 5.64. The van der Waals surface area contributed by atoms with Gasteiger partial charge in [-0.2, -0.15) is 0 Å². The van der Waals surface area contributed by atoms with E-state index in [4.69, 9.17) is 18.0 Å². The summed E-state index contributed by atoms with van der Waals surface area (Å²) in [7, 11) is 2.03. The van der Waals surface area contributed by atoms with Crippen molar-refractivity contribution >= 4 is 44.5 Å². The van der Waals surface area contributed by atoms with Gasteiger partial charge in [0.1, 0.15) is 4.99 Å². The average molecular weight is 321 g/mol. The number of benzene rings is 2. The summed E-state index contributed by atoms with van der Waals surface area (Å²) in [6.07, 6.45) is 0. The van der Waals surface area contributed by atoms with E-state index in [-0.39, 0.29) is 0 Å². The van der Waals surface area contributed by atoms with Crippen molar-refractivity contribution in [3.63, 3.8) is 0 Å². The first-order valence-electron chi connectivity index (χ1n) is 5.47. The Kier molecular flexibility index (Phi) is 3.99. The minimum atomic E-state index is 0.399. The van der Waals surface area contributed by atoms with Gasteiger partial charge in [-0.25, -0.2) is 0 Å². The minimum absolute atomic E-state index is 0.399. The van der Waals surface area contributed by atoms with Crippen molar-refractivity contribution in [3.8, 4) is 0 Å². The third-order valence-corrected chi connectivity index (χ3v) is 3.62. The normalized spacial score (nSPS) is 10.1. The fourth-order valence-electron chi connectivity index (χ4n) is 1.71. The summed E-state index contributed by atoms with van der Waals surface area (Å²) >= 11 is 8.48. The molecule has 92 valence electrons. The quantitative estimate of drug-likeness (QED) is 0.871. The van der Waals surface area contributed by atoms with Gasteiger partial charge in [0.15, 0.2) is 0 Å². The molecule has 0 bridgehead atoms. The molecule has 2 aromatic carbocycles. The summed E-state index contributed by atoms with van der Waals surface area (Å²) in [6.45, 7) is 0. The molecule has 0 aliphatic rings. The Morgan fingerprint density at radius 3 is 2.33 bits per heavy atom. The zero-order chi connectivity index (χ0) is 13.1. The molecular weight excluding hydrogens is 308 g/mol. The van der Waals surface area contributed by atoms with Gasteiger partial charge >= 0.3 is 0 Å². The van der Waals surface area contributed by atoms with E-state index >= 15 is 0 Å². The number of anilines is 2. The van der Waals surface area contributed by atoms with Gasteiger partial charge in [0.2, 0.25) is 0 Å². The minimum Gasteiger partial charge on any atom is -0.389 e. The number of halogens is 1. The van der Waals surface area contributed by atoms with Crippen LogP contribution < -0.4 is 10.6 Å². The van der Waals surface area contributed by atoms with Gasteiger partial charge in [0.05, 0.1) is 0 Å².